The number of para-hydroxylation sites is 1. The van der Waals surface area contributed by atoms with E-state index in [9.17, 15) is 9.59 Å². The van der Waals surface area contributed by atoms with Gasteiger partial charge in [0.25, 0.3) is 5.91 Å². The minimum absolute atomic E-state index is 0.00913. The van der Waals surface area contributed by atoms with E-state index in [0.29, 0.717) is 6.54 Å². The molecule has 1 aromatic carbocycles. The van der Waals surface area contributed by atoms with Gasteiger partial charge in [0, 0.05) is 12.1 Å². The summed E-state index contributed by atoms with van der Waals surface area (Å²) in [5.41, 5.74) is 0.644. The van der Waals surface area contributed by atoms with Crippen LogP contribution in [0, 0.1) is 0 Å². The predicted molar refractivity (Wildman–Crippen MR) is 90.8 cm³/mol. The highest BCUT2D eigenvalue weighted by atomic mass is 16.2. The number of amides is 2. The summed E-state index contributed by atoms with van der Waals surface area (Å²) in [6.07, 6.45) is 1.42. The standard InChI is InChI=1S/C17H23N5O2/c1-5-21(12-15(23)19-17(2,3)4)16(24)14-11-18-22(20-14)13-9-7-6-8-10-13/h6-11H,5,12H2,1-4H3,(H,19,23). The molecule has 0 saturated heterocycles. The number of carbonyl (C=O) groups excluding carboxylic acids is 2. The van der Waals surface area contributed by atoms with Crippen LogP contribution in [-0.2, 0) is 4.79 Å². The van der Waals surface area contributed by atoms with E-state index in [2.05, 4.69) is 15.5 Å². The summed E-state index contributed by atoms with van der Waals surface area (Å²) in [5.74, 6) is -0.517. The Bertz CT molecular complexity index is 703. The molecular weight excluding hydrogens is 306 g/mol. The summed E-state index contributed by atoms with van der Waals surface area (Å²) >= 11 is 0. The first-order valence-corrected chi connectivity index (χ1v) is 7.88. The topological polar surface area (TPSA) is 80.1 Å². The molecule has 2 aromatic rings. The number of nitrogens with one attached hydrogen (secondary N) is 1. The smallest absolute Gasteiger partial charge is 0.276 e. The van der Waals surface area contributed by atoms with Gasteiger partial charge in [0.05, 0.1) is 18.4 Å². The maximum absolute atomic E-state index is 12.6. The van der Waals surface area contributed by atoms with E-state index in [1.54, 1.807) is 0 Å². The van der Waals surface area contributed by atoms with Crippen molar-refractivity contribution in [3.05, 3.63) is 42.2 Å². The molecule has 0 atom stereocenters. The second-order valence-corrected chi connectivity index (χ2v) is 6.47. The fraction of sp³-hybridized carbons (Fsp3) is 0.412. The van der Waals surface area contributed by atoms with Gasteiger partial charge in [0.15, 0.2) is 5.69 Å². The molecule has 2 rings (SSSR count). The number of likely N-dealkylation sites (N-methyl/N-ethyl adjacent to an activating group) is 1. The van der Waals surface area contributed by atoms with Gasteiger partial charge in [-0.25, -0.2) is 0 Å². The molecule has 0 aliphatic heterocycles. The number of hydrogen-bond donors (Lipinski definition) is 1. The van der Waals surface area contributed by atoms with E-state index < -0.39 is 0 Å². The summed E-state index contributed by atoms with van der Waals surface area (Å²) in [6, 6.07) is 9.34. The third kappa shape index (κ3) is 4.65. The maximum atomic E-state index is 12.6. The Labute approximate surface area is 141 Å². The molecule has 7 heteroatoms. The fourth-order valence-electron chi connectivity index (χ4n) is 2.17. The molecule has 0 bridgehead atoms. The van der Waals surface area contributed by atoms with Crippen LogP contribution in [-0.4, -0.2) is 50.3 Å². The minimum atomic E-state index is -0.337. The Kier molecular flexibility index (Phi) is 5.33. The van der Waals surface area contributed by atoms with Gasteiger partial charge in [-0.15, -0.1) is 5.10 Å². The average molecular weight is 329 g/mol. The Hall–Kier alpha value is -2.70. The van der Waals surface area contributed by atoms with Crippen molar-refractivity contribution < 1.29 is 9.59 Å². The van der Waals surface area contributed by atoms with Crippen LogP contribution in [0.3, 0.4) is 0 Å². The molecule has 0 radical (unpaired) electrons. The zero-order valence-electron chi connectivity index (χ0n) is 14.5. The zero-order valence-corrected chi connectivity index (χ0v) is 14.5. The lowest BCUT2D eigenvalue weighted by Crippen LogP contribution is -2.47. The number of nitrogens with zero attached hydrogens (tertiary/aromatic N) is 4. The number of hydrogen-bond acceptors (Lipinski definition) is 4. The lowest BCUT2D eigenvalue weighted by Gasteiger charge is -2.24. The second kappa shape index (κ2) is 7.25. The second-order valence-electron chi connectivity index (χ2n) is 6.47. The quantitative estimate of drug-likeness (QED) is 0.904. The van der Waals surface area contributed by atoms with Crippen LogP contribution in [0.5, 0.6) is 0 Å². The van der Waals surface area contributed by atoms with Crippen LogP contribution in [0.2, 0.25) is 0 Å². The first-order valence-electron chi connectivity index (χ1n) is 7.88. The molecule has 1 N–H and O–H groups in total. The Morgan fingerprint density at radius 1 is 1.21 bits per heavy atom. The molecule has 0 unspecified atom stereocenters. The average Bonchev–Trinajstić information content (AvgIpc) is 3.01. The molecule has 0 aliphatic rings. The molecule has 0 spiro atoms. The molecule has 2 amide bonds. The molecule has 1 heterocycles. The predicted octanol–water partition coefficient (Wildman–Crippen LogP) is 1.64. The summed E-state index contributed by atoms with van der Waals surface area (Å²) in [5, 5.41) is 11.2. The molecular formula is C17H23N5O2. The van der Waals surface area contributed by atoms with E-state index in [0.717, 1.165) is 5.69 Å². The van der Waals surface area contributed by atoms with Crippen LogP contribution in [0.15, 0.2) is 36.5 Å². The highest BCUT2D eigenvalue weighted by Crippen LogP contribution is 2.07. The normalized spacial score (nSPS) is 11.2. The van der Waals surface area contributed by atoms with Crippen molar-refractivity contribution in [2.24, 2.45) is 0 Å². The van der Waals surface area contributed by atoms with Gasteiger partial charge in [0.1, 0.15) is 0 Å². The van der Waals surface area contributed by atoms with Crippen LogP contribution >= 0.6 is 0 Å². The van der Waals surface area contributed by atoms with Crippen molar-refractivity contribution in [3.63, 3.8) is 0 Å². The van der Waals surface area contributed by atoms with Crippen LogP contribution in [0.4, 0.5) is 0 Å². The molecule has 0 saturated carbocycles. The SMILES string of the molecule is CCN(CC(=O)NC(C)(C)C)C(=O)c1cnn(-c2ccccc2)n1. The van der Waals surface area contributed by atoms with E-state index in [1.165, 1.54) is 15.9 Å². The summed E-state index contributed by atoms with van der Waals surface area (Å²) in [4.78, 5) is 27.4. The van der Waals surface area contributed by atoms with E-state index in [-0.39, 0.29) is 29.6 Å². The lowest BCUT2D eigenvalue weighted by atomic mass is 10.1. The Balaban J connectivity index is 2.09. The molecule has 128 valence electrons. The van der Waals surface area contributed by atoms with Crippen molar-refractivity contribution in [3.8, 4) is 5.69 Å². The highest BCUT2D eigenvalue weighted by molar-refractivity contribution is 5.94. The number of benzene rings is 1. The minimum Gasteiger partial charge on any atom is -0.350 e. The van der Waals surface area contributed by atoms with Gasteiger partial charge >= 0.3 is 0 Å². The summed E-state index contributed by atoms with van der Waals surface area (Å²) in [7, 11) is 0. The van der Waals surface area contributed by atoms with Gasteiger partial charge in [0.2, 0.25) is 5.91 Å². The van der Waals surface area contributed by atoms with Gasteiger partial charge in [-0.3, -0.25) is 9.59 Å². The monoisotopic (exact) mass is 329 g/mol. The van der Waals surface area contributed by atoms with Crippen molar-refractivity contribution in [2.45, 2.75) is 33.2 Å². The Morgan fingerprint density at radius 3 is 2.46 bits per heavy atom. The van der Waals surface area contributed by atoms with E-state index >= 15 is 0 Å². The maximum Gasteiger partial charge on any atom is 0.276 e. The third-order valence-corrected chi connectivity index (χ3v) is 3.22. The number of aromatic nitrogens is 3. The molecule has 0 fully saturated rings. The van der Waals surface area contributed by atoms with E-state index in [4.69, 9.17) is 0 Å². The molecule has 7 nitrogen and oxygen atoms in total. The third-order valence-electron chi connectivity index (χ3n) is 3.22. The summed E-state index contributed by atoms with van der Waals surface area (Å²) in [6.45, 7) is 7.92. The lowest BCUT2D eigenvalue weighted by molar-refractivity contribution is -0.123. The highest BCUT2D eigenvalue weighted by Gasteiger charge is 2.22. The van der Waals surface area contributed by atoms with Crippen molar-refractivity contribution >= 4 is 11.8 Å². The Morgan fingerprint density at radius 2 is 1.88 bits per heavy atom. The van der Waals surface area contributed by atoms with Crippen molar-refractivity contribution in [2.75, 3.05) is 13.1 Å². The van der Waals surface area contributed by atoms with Crippen molar-refractivity contribution in [1.29, 1.82) is 0 Å². The number of carbonyl (C=O) groups is 2. The fourth-order valence-corrected chi connectivity index (χ4v) is 2.17. The first-order chi connectivity index (χ1) is 11.3. The van der Waals surface area contributed by atoms with Crippen LogP contribution < -0.4 is 5.32 Å². The van der Waals surface area contributed by atoms with Gasteiger partial charge in [-0.2, -0.15) is 9.90 Å². The van der Waals surface area contributed by atoms with Gasteiger partial charge in [-0.05, 0) is 39.8 Å². The molecule has 1 aromatic heterocycles. The van der Waals surface area contributed by atoms with Crippen LogP contribution in [0.25, 0.3) is 5.69 Å². The van der Waals surface area contributed by atoms with Crippen molar-refractivity contribution in [1.82, 2.24) is 25.2 Å². The largest absolute Gasteiger partial charge is 0.350 e. The van der Waals surface area contributed by atoms with E-state index in [1.807, 2.05) is 58.0 Å². The summed E-state index contributed by atoms with van der Waals surface area (Å²) < 4.78 is 0. The van der Waals surface area contributed by atoms with Gasteiger partial charge in [-0.1, -0.05) is 18.2 Å². The number of rotatable bonds is 5. The van der Waals surface area contributed by atoms with Crippen LogP contribution in [0.1, 0.15) is 38.2 Å². The van der Waals surface area contributed by atoms with Gasteiger partial charge < -0.3 is 10.2 Å². The zero-order chi connectivity index (χ0) is 17.7. The molecule has 24 heavy (non-hydrogen) atoms. The first kappa shape index (κ1) is 17.7. The molecule has 0 aliphatic carbocycles.